The Bertz CT molecular complexity index is 1040. The number of carbonyl (C=O) groups excluding carboxylic acids is 2. The van der Waals surface area contributed by atoms with Gasteiger partial charge in [-0.2, -0.15) is 13.2 Å². The Morgan fingerprint density at radius 2 is 1.66 bits per heavy atom. The van der Waals surface area contributed by atoms with Crippen molar-refractivity contribution in [1.29, 1.82) is 0 Å². The maximum absolute atomic E-state index is 13.1. The zero-order chi connectivity index (χ0) is 23.0. The van der Waals surface area contributed by atoms with Gasteiger partial charge in [-0.15, -0.1) is 0 Å². The van der Waals surface area contributed by atoms with Crippen LogP contribution in [0.3, 0.4) is 0 Å². The predicted octanol–water partition coefficient (Wildman–Crippen LogP) is 4.62. The summed E-state index contributed by atoms with van der Waals surface area (Å²) in [6.45, 7) is -0.917. The average Bonchev–Trinajstić information content (AvgIpc) is 3.14. The Hall–Kier alpha value is -3.27. The lowest BCUT2D eigenvalue weighted by molar-refractivity contribution is -0.141. The highest BCUT2D eigenvalue weighted by Gasteiger charge is 2.30. The first-order valence-corrected chi connectivity index (χ1v) is 10.7. The third kappa shape index (κ3) is 7.16. The second-order valence-corrected chi connectivity index (χ2v) is 7.87. The van der Waals surface area contributed by atoms with Crippen molar-refractivity contribution in [2.45, 2.75) is 30.8 Å². The number of thioether (sulfide) groups is 1. The molecule has 0 saturated carbocycles. The number of aromatic nitrogens is 2. The minimum absolute atomic E-state index is 0.0526. The van der Waals surface area contributed by atoms with E-state index in [9.17, 15) is 22.8 Å². The van der Waals surface area contributed by atoms with Crippen LogP contribution in [0.25, 0.3) is 11.3 Å². The molecular weight excluding hydrogens is 441 g/mol. The summed E-state index contributed by atoms with van der Waals surface area (Å²) in [5.74, 6) is -0.360. The number of halogens is 3. The van der Waals surface area contributed by atoms with Gasteiger partial charge in [0.1, 0.15) is 6.54 Å². The number of nitrogens with one attached hydrogen (secondary N) is 2. The van der Waals surface area contributed by atoms with Crippen molar-refractivity contribution in [3.63, 3.8) is 0 Å². The third-order valence-electron chi connectivity index (χ3n) is 4.34. The van der Waals surface area contributed by atoms with E-state index in [-0.39, 0.29) is 23.9 Å². The Morgan fingerprint density at radius 1 is 1.00 bits per heavy atom. The van der Waals surface area contributed by atoms with Crippen LogP contribution in [0, 0.1) is 0 Å². The maximum Gasteiger partial charge on any atom is 0.406 e. The number of hydrogen-bond acceptors (Lipinski definition) is 4. The van der Waals surface area contributed by atoms with Crippen molar-refractivity contribution < 1.29 is 22.8 Å². The van der Waals surface area contributed by atoms with E-state index in [1.54, 1.807) is 30.3 Å². The highest BCUT2D eigenvalue weighted by molar-refractivity contribution is 7.99. The second kappa shape index (κ2) is 10.9. The number of imidazole rings is 1. The first-order chi connectivity index (χ1) is 15.3. The molecule has 0 aliphatic rings. The van der Waals surface area contributed by atoms with Crippen LogP contribution in [0.1, 0.15) is 12.0 Å². The lowest BCUT2D eigenvalue weighted by Crippen LogP contribution is -2.39. The molecule has 0 saturated heterocycles. The Labute approximate surface area is 187 Å². The van der Waals surface area contributed by atoms with Crippen molar-refractivity contribution in [2.75, 3.05) is 5.75 Å². The molecule has 3 amide bonds. The standard InChI is InChI=1S/C22H21F3N4O2S/c23-22(24,25)15-29-18(17-9-5-2-6-10-17)14-27-21(29)32-12-11-19(30)28-20(31)26-13-16-7-3-1-4-8-16/h1-10,14H,11-13,15H2,(H2,26,28,30,31). The lowest BCUT2D eigenvalue weighted by Gasteiger charge is -2.14. The number of urea groups is 1. The number of benzene rings is 2. The minimum Gasteiger partial charge on any atom is -0.334 e. The summed E-state index contributed by atoms with van der Waals surface area (Å²) in [7, 11) is 0. The number of carbonyl (C=O) groups is 2. The summed E-state index contributed by atoms with van der Waals surface area (Å²) >= 11 is 1.03. The number of alkyl halides is 3. The van der Waals surface area contributed by atoms with Crippen molar-refractivity contribution in [1.82, 2.24) is 20.2 Å². The van der Waals surface area contributed by atoms with E-state index in [1.807, 2.05) is 30.3 Å². The van der Waals surface area contributed by atoms with Crippen LogP contribution in [0.15, 0.2) is 72.0 Å². The van der Waals surface area contributed by atoms with E-state index in [4.69, 9.17) is 0 Å². The van der Waals surface area contributed by atoms with E-state index in [0.29, 0.717) is 11.3 Å². The molecule has 168 valence electrons. The molecule has 2 aromatic carbocycles. The molecule has 1 heterocycles. The second-order valence-electron chi connectivity index (χ2n) is 6.81. The minimum atomic E-state index is -4.42. The summed E-state index contributed by atoms with van der Waals surface area (Å²) < 4.78 is 40.4. The largest absolute Gasteiger partial charge is 0.406 e. The van der Waals surface area contributed by atoms with Gasteiger partial charge in [-0.25, -0.2) is 9.78 Å². The molecule has 0 aliphatic carbocycles. The molecule has 3 rings (SSSR count). The summed E-state index contributed by atoms with van der Waals surface area (Å²) in [6.07, 6.45) is -3.09. The van der Waals surface area contributed by atoms with Crippen LogP contribution in [0.4, 0.5) is 18.0 Å². The molecule has 0 aliphatic heterocycles. The molecule has 10 heteroatoms. The zero-order valence-electron chi connectivity index (χ0n) is 16.9. The van der Waals surface area contributed by atoms with Crippen LogP contribution in [0.5, 0.6) is 0 Å². The Balaban J connectivity index is 1.54. The number of hydrogen-bond donors (Lipinski definition) is 2. The smallest absolute Gasteiger partial charge is 0.334 e. The summed E-state index contributed by atoms with van der Waals surface area (Å²) in [5, 5.41) is 4.94. The lowest BCUT2D eigenvalue weighted by atomic mass is 10.2. The molecule has 3 aromatic rings. The fraction of sp³-hybridized carbons (Fsp3) is 0.227. The van der Waals surface area contributed by atoms with Crippen molar-refractivity contribution in [2.24, 2.45) is 0 Å². The van der Waals surface area contributed by atoms with Gasteiger partial charge in [-0.05, 0) is 11.1 Å². The predicted molar refractivity (Wildman–Crippen MR) is 116 cm³/mol. The van der Waals surface area contributed by atoms with Crippen molar-refractivity contribution in [3.8, 4) is 11.3 Å². The van der Waals surface area contributed by atoms with Crippen LogP contribution < -0.4 is 10.6 Å². The van der Waals surface area contributed by atoms with Gasteiger partial charge in [0.05, 0.1) is 11.9 Å². The average molecular weight is 462 g/mol. The van der Waals surface area contributed by atoms with E-state index in [0.717, 1.165) is 21.9 Å². The first-order valence-electron chi connectivity index (χ1n) is 9.74. The van der Waals surface area contributed by atoms with Gasteiger partial charge in [0.2, 0.25) is 5.91 Å². The van der Waals surface area contributed by atoms with Gasteiger partial charge in [-0.3, -0.25) is 10.1 Å². The SMILES string of the molecule is O=C(CCSc1ncc(-c2ccccc2)n1CC(F)(F)F)NC(=O)NCc1ccccc1. The molecule has 32 heavy (non-hydrogen) atoms. The third-order valence-corrected chi connectivity index (χ3v) is 5.33. The molecule has 0 spiro atoms. The van der Waals surface area contributed by atoms with Crippen LogP contribution >= 0.6 is 11.8 Å². The zero-order valence-corrected chi connectivity index (χ0v) is 17.7. The van der Waals surface area contributed by atoms with Crippen molar-refractivity contribution in [3.05, 3.63) is 72.4 Å². The molecule has 0 radical (unpaired) electrons. The fourth-order valence-electron chi connectivity index (χ4n) is 2.89. The molecule has 2 N–H and O–H groups in total. The van der Waals surface area contributed by atoms with Gasteiger partial charge < -0.3 is 9.88 Å². The highest BCUT2D eigenvalue weighted by Crippen LogP contribution is 2.30. The van der Waals surface area contributed by atoms with Crippen LogP contribution in [0.2, 0.25) is 0 Å². The number of amides is 3. The number of rotatable bonds is 8. The van der Waals surface area contributed by atoms with Gasteiger partial charge in [-0.1, -0.05) is 72.4 Å². The molecule has 6 nitrogen and oxygen atoms in total. The number of imide groups is 1. The van der Waals surface area contributed by atoms with E-state index < -0.39 is 24.7 Å². The van der Waals surface area contributed by atoms with Gasteiger partial charge in [0.25, 0.3) is 0 Å². The Kier molecular flexibility index (Phi) is 7.93. The van der Waals surface area contributed by atoms with E-state index in [1.165, 1.54) is 6.20 Å². The Morgan fingerprint density at radius 3 is 2.31 bits per heavy atom. The van der Waals surface area contributed by atoms with Crippen molar-refractivity contribution >= 4 is 23.7 Å². The first kappa shape index (κ1) is 23.4. The monoisotopic (exact) mass is 462 g/mol. The quantitative estimate of drug-likeness (QED) is 0.479. The van der Waals surface area contributed by atoms with Gasteiger partial charge >= 0.3 is 12.2 Å². The van der Waals surface area contributed by atoms with Gasteiger partial charge in [0.15, 0.2) is 5.16 Å². The summed E-state index contributed by atoms with van der Waals surface area (Å²) in [5.41, 5.74) is 1.84. The normalized spacial score (nSPS) is 11.2. The highest BCUT2D eigenvalue weighted by atomic mass is 32.2. The fourth-order valence-corrected chi connectivity index (χ4v) is 3.81. The molecule has 0 fully saturated rings. The van der Waals surface area contributed by atoms with Crippen LogP contribution in [-0.2, 0) is 17.9 Å². The molecular formula is C22H21F3N4O2S. The van der Waals surface area contributed by atoms with E-state index in [2.05, 4.69) is 15.6 Å². The molecule has 0 bridgehead atoms. The molecule has 0 atom stereocenters. The maximum atomic E-state index is 13.1. The van der Waals surface area contributed by atoms with E-state index >= 15 is 0 Å². The summed E-state index contributed by atoms with van der Waals surface area (Å²) in [6, 6.07) is 17.2. The number of nitrogens with zero attached hydrogens (tertiary/aromatic N) is 2. The topological polar surface area (TPSA) is 76.0 Å². The molecule has 1 aromatic heterocycles. The van der Waals surface area contributed by atoms with Crippen LogP contribution in [-0.4, -0.2) is 33.4 Å². The molecule has 0 unspecified atom stereocenters. The van der Waals surface area contributed by atoms with Gasteiger partial charge in [0, 0.05) is 18.7 Å². The summed E-state index contributed by atoms with van der Waals surface area (Å²) in [4.78, 5) is 28.0.